The Balaban J connectivity index is 2.20. The number of hydrogen-bond acceptors (Lipinski definition) is 2. The van der Waals surface area contributed by atoms with Gasteiger partial charge in [-0.1, -0.05) is 6.92 Å². The monoisotopic (exact) mass is 217 g/mol. The van der Waals surface area contributed by atoms with Crippen LogP contribution in [0.25, 0.3) is 0 Å². The lowest BCUT2D eigenvalue weighted by Gasteiger charge is -1.85. The Kier molecular flexibility index (Phi) is 1.57. The van der Waals surface area contributed by atoms with E-state index < -0.39 is 0 Å². The Morgan fingerprint density at radius 3 is 2.90 bits per heavy atom. The van der Waals surface area contributed by atoms with Crippen LogP contribution in [-0.2, 0) is 0 Å². The highest BCUT2D eigenvalue weighted by molar-refractivity contribution is 9.11. The smallest absolute Gasteiger partial charge is 0.159 e. The summed E-state index contributed by atoms with van der Waals surface area (Å²) in [7, 11) is 0. The summed E-state index contributed by atoms with van der Waals surface area (Å²) in [6.45, 7) is 2.28. The van der Waals surface area contributed by atoms with Crippen molar-refractivity contribution in [1.29, 1.82) is 0 Å². The minimum atomic E-state index is 0.766. The zero-order valence-corrected chi connectivity index (χ0v) is 8.08. The summed E-state index contributed by atoms with van der Waals surface area (Å²) < 4.78 is 1.02. The van der Waals surface area contributed by atoms with Gasteiger partial charge in [0.1, 0.15) is 0 Å². The van der Waals surface area contributed by atoms with Gasteiger partial charge in [-0.25, -0.2) is 4.98 Å². The third-order valence-electron chi connectivity index (χ3n) is 1.98. The van der Waals surface area contributed by atoms with Crippen LogP contribution in [-0.4, -0.2) is 4.98 Å². The quantitative estimate of drug-likeness (QED) is 0.705. The van der Waals surface area contributed by atoms with Crippen LogP contribution in [0.2, 0.25) is 0 Å². The van der Waals surface area contributed by atoms with E-state index in [1.165, 1.54) is 12.1 Å². The molecule has 0 amide bonds. The summed E-state index contributed by atoms with van der Waals surface area (Å²) >= 11 is 5.04. The molecule has 3 heteroatoms. The fourth-order valence-electron chi connectivity index (χ4n) is 1.17. The molecule has 2 atom stereocenters. The van der Waals surface area contributed by atoms with Gasteiger partial charge in [-0.3, -0.25) is 0 Å². The first-order chi connectivity index (χ1) is 4.77. The van der Waals surface area contributed by atoms with E-state index in [-0.39, 0.29) is 0 Å². The Bertz CT molecular complexity index is 246. The highest BCUT2D eigenvalue weighted by Gasteiger charge is 2.35. The molecule has 10 heavy (non-hydrogen) atoms. The molecule has 1 aliphatic carbocycles. The number of hydrogen-bond donors (Lipinski definition) is 0. The maximum Gasteiger partial charge on any atom is 0.159 e. The van der Waals surface area contributed by atoms with Gasteiger partial charge in [-0.15, -0.1) is 11.3 Å². The zero-order valence-electron chi connectivity index (χ0n) is 5.67. The van der Waals surface area contributed by atoms with Gasteiger partial charge in [0.25, 0.3) is 0 Å². The summed E-state index contributed by atoms with van der Waals surface area (Å²) in [5.41, 5.74) is 1.28. The normalized spacial score (nSPS) is 30.6. The maximum atomic E-state index is 4.36. The summed E-state index contributed by atoms with van der Waals surface area (Å²) in [6, 6.07) is 0. The molecule has 1 aromatic rings. The fraction of sp³-hybridized carbons (Fsp3) is 0.571. The molecule has 1 nitrogen and oxygen atoms in total. The molecular formula is C7H8BrNS. The lowest BCUT2D eigenvalue weighted by Crippen LogP contribution is -1.78. The van der Waals surface area contributed by atoms with Gasteiger partial charge < -0.3 is 0 Å². The van der Waals surface area contributed by atoms with Crippen LogP contribution in [0.4, 0.5) is 0 Å². The van der Waals surface area contributed by atoms with Crippen molar-refractivity contribution >= 4 is 27.3 Å². The van der Waals surface area contributed by atoms with Crippen molar-refractivity contribution in [1.82, 2.24) is 4.98 Å². The van der Waals surface area contributed by atoms with Gasteiger partial charge >= 0.3 is 0 Å². The Morgan fingerprint density at radius 2 is 2.50 bits per heavy atom. The van der Waals surface area contributed by atoms with Crippen LogP contribution in [0, 0.1) is 5.92 Å². The minimum absolute atomic E-state index is 0.766. The highest BCUT2D eigenvalue weighted by atomic mass is 79.9. The SMILES string of the molecule is CC1CC1c1csc(Br)n1. The van der Waals surface area contributed by atoms with E-state index in [1.54, 1.807) is 11.3 Å². The minimum Gasteiger partial charge on any atom is -0.234 e. The second-order valence-electron chi connectivity index (χ2n) is 2.84. The van der Waals surface area contributed by atoms with Gasteiger partial charge in [0.05, 0.1) is 5.69 Å². The predicted octanol–water partition coefficient (Wildman–Crippen LogP) is 3.03. The summed E-state index contributed by atoms with van der Waals surface area (Å²) in [5, 5.41) is 2.15. The lowest BCUT2D eigenvalue weighted by molar-refractivity contribution is 0.891. The third kappa shape index (κ3) is 1.12. The molecule has 0 saturated heterocycles. The molecule has 1 fully saturated rings. The molecule has 54 valence electrons. The van der Waals surface area contributed by atoms with Crippen LogP contribution in [0.15, 0.2) is 9.30 Å². The maximum absolute atomic E-state index is 4.36. The van der Waals surface area contributed by atoms with Crippen molar-refractivity contribution in [2.24, 2.45) is 5.92 Å². The number of halogens is 1. The van der Waals surface area contributed by atoms with Crippen molar-refractivity contribution in [3.8, 4) is 0 Å². The van der Waals surface area contributed by atoms with Crippen molar-refractivity contribution in [3.05, 3.63) is 15.0 Å². The third-order valence-corrected chi connectivity index (χ3v) is 3.37. The Labute approximate surface area is 72.6 Å². The molecule has 0 radical (unpaired) electrons. The summed E-state index contributed by atoms with van der Waals surface area (Å²) in [4.78, 5) is 4.36. The van der Waals surface area contributed by atoms with E-state index in [0.29, 0.717) is 0 Å². The Hall–Kier alpha value is 0.110. The second kappa shape index (κ2) is 2.31. The lowest BCUT2D eigenvalue weighted by atomic mass is 10.3. The van der Waals surface area contributed by atoms with Crippen molar-refractivity contribution in [2.45, 2.75) is 19.3 Å². The molecular weight excluding hydrogens is 210 g/mol. The van der Waals surface area contributed by atoms with Crippen LogP contribution in [0.5, 0.6) is 0 Å². The number of nitrogens with zero attached hydrogens (tertiary/aromatic N) is 1. The number of rotatable bonds is 1. The van der Waals surface area contributed by atoms with E-state index in [4.69, 9.17) is 0 Å². The van der Waals surface area contributed by atoms with Crippen LogP contribution >= 0.6 is 27.3 Å². The van der Waals surface area contributed by atoms with E-state index in [9.17, 15) is 0 Å². The molecule has 0 bridgehead atoms. The fourth-order valence-corrected chi connectivity index (χ4v) is 2.26. The van der Waals surface area contributed by atoms with Crippen molar-refractivity contribution < 1.29 is 0 Å². The first-order valence-corrected chi connectivity index (χ1v) is 5.05. The molecule has 2 rings (SSSR count). The van der Waals surface area contributed by atoms with E-state index in [2.05, 4.69) is 33.2 Å². The van der Waals surface area contributed by atoms with Gasteiger partial charge in [0.2, 0.25) is 0 Å². The average Bonchev–Trinajstić information content (AvgIpc) is 2.42. The molecule has 2 unspecified atom stereocenters. The van der Waals surface area contributed by atoms with E-state index in [0.717, 1.165) is 15.8 Å². The summed E-state index contributed by atoms with van der Waals surface area (Å²) in [5.74, 6) is 1.64. The molecule has 1 aromatic heterocycles. The number of aromatic nitrogens is 1. The van der Waals surface area contributed by atoms with Gasteiger partial charge in [0.15, 0.2) is 3.92 Å². The standard InChI is InChI=1S/C7H8BrNS/c1-4-2-5(4)6-3-10-7(8)9-6/h3-5H,2H2,1H3. The highest BCUT2D eigenvalue weighted by Crippen LogP contribution is 2.47. The van der Waals surface area contributed by atoms with Crippen LogP contribution in [0.1, 0.15) is 25.0 Å². The zero-order chi connectivity index (χ0) is 7.14. The van der Waals surface area contributed by atoms with Gasteiger partial charge in [-0.05, 0) is 28.3 Å². The molecule has 0 aromatic carbocycles. The summed E-state index contributed by atoms with van der Waals surface area (Å²) in [6.07, 6.45) is 1.33. The number of thiazole rings is 1. The van der Waals surface area contributed by atoms with Crippen molar-refractivity contribution in [2.75, 3.05) is 0 Å². The van der Waals surface area contributed by atoms with Crippen molar-refractivity contribution in [3.63, 3.8) is 0 Å². The average molecular weight is 218 g/mol. The molecule has 0 N–H and O–H groups in total. The second-order valence-corrected chi connectivity index (χ2v) is 4.98. The van der Waals surface area contributed by atoms with Crippen LogP contribution in [0.3, 0.4) is 0 Å². The molecule has 1 saturated carbocycles. The topological polar surface area (TPSA) is 12.9 Å². The van der Waals surface area contributed by atoms with Crippen LogP contribution < -0.4 is 0 Å². The molecule has 1 heterocycles. The molecule has 1 aliphatic rings. The molecule has 0 spiro atoms. The van der Waals surface area contributed by atoms with Gasteiger partial charge in [-0.2, -0.15) is 0 Å². The van der Waals surface area contributed by atoms with Gasteiger partial charge in [0, 0.05) is 11.3 Å². The Morgan fingerprint density at radius 1 is 1.80 bits per heavy atom. The largest absolute Gasteiger partial charge is 0.234 e. The van der Waals surface area contributed by atoms with E-state index >= 15 is 0 Å². The van der Waals surface area contributed by atoms with E-state index in [1.807, 2.05) is 0 Å². The first kappa shape index (κ1) is 6.80. The first-order valence-electron chi connectivity index (χ1n) is 3.38. The molecule has 0 aliphatic heterocycles. The predicted molar refractivity (Wildman–Crippen MR) is 46.3 cm³/mol.